The van der Waals surface area contributed by atoms with Crippen molar-refractivity contribution >= 4 is 22.6 Å². The molecule has 0 aliphatic carbocycles. The molecule has 0 saturated carbocycles. The van der Waals surface area contributed by atoms with E-state index in [2.05, 4.69) is 31.1 Å². The van der Waals surface area contributed by atoms with Crippen molar-refractivity contribution in [1.29, 1.82) is 0 Å². The average molecular weight is 435 g/mol. The Kier molecular flexibility index (Phi) is 6.00. The van der Waals surface area contributed by atoms with Gasteiger partial charge < -0.3 is 9.64 Å². The molecule has 1 aliphatic rings. The number of aromatic nitrogens is 3. The van der Waals surface area contributed by atoms with Crippen molar-refractivity contribution in [3.05, 3.63) is 59.9 Å². The number of ether oxygens (including phenoxy) is 1. The third-order valence-corrected chi connectivity index (χ3v) is 6.76. The normalized spacial score (nSPS) is 18.8. The molecule has 0 spiro atoms. The van der Waals surface area contributed by atoms with Gasteiger partial charge in [0.2, 0.25) is 5.91 Å². The van der Waals surface area contributed by atoms with E-state index in [1.165, 1.54) is 7.11 Å². The molecular formula is C25H30N4O3. The van der Waals surface area contributed by atoms with Crippen LogP contribution in [0.2, 0.25) is 0 Å². The van der Waals surface area contributed by atoms with Crippen LogP contribution in [0.15, 0.2) is 48.7 Å². The first kappa shape index (κ1) is 22.0. The van der Waals surface area contributed by atoms with E-state index < -0.39 is 12.0 Å². The van der Waals surface area contributed by atoms with Gasteiger partial charge in [-0.25, -0.2) is 9.48 Å². The van der Waals surface area contributed by atoms with E-state index in [-0.39, 0.29) is 23.8 Å². The highest BCUT2D eigenvalue weighted by Crippen LogP contribution is 2.31. The van der Waals surface area contributed by atoms with Crippen LogP contribution in [0.25, 0.3) is 10.8 Å². The highest BCUT2D eigenvalue weighted by Gasteiger charge is 2.41. The van der Waals surface area contributed by atoms with Gasteiger partial charge in [-0.2, -0.15) is 0 Å². The minimum atomic E-state index is -0.626. The van der Waals surface area contributed by atoms with E-state index in [1.807, 2.05) is 48.7 Å². The smallest absolute Gasteiger partial charge is 0.328 e. The van der Waals surface area contributed by atoms with Crippen molar-refractivity contribution in [3.8, 4) is 0 Å². The van der Waals surface area contributed by atoms with E-state index in [0.717, 1.165) is 28.5 Å². The van der Waals surface area contributed by atoms with E-state index in [0.29, 0.717) is 13.0 Å². The molecule has 2 atom stereocenters. The molecule has 7 heteroatoms. The Hall–Kier alpha value is -3.22. The first-order valence-electron chi connectivity index (χ1n) is 11.1. The monoisotopic (exact) mass is 434 g/mol. The third kappa shape index (κ3) is 4.11. The van der Waals surface area contributed by atoms with Gasteiger partial charge in [0.25, 0.3) is 0 Å². The Morgan fingerprint density at radius 2 is 1.91 bits per heavy atom. The summed E-state index contributed by atoms with van der Waals surface area (Å²) < 4.78 is 6.82. The molecule has 32 heavy (non-hydrogen) atoms. The van der Waals surface area contributed by atoms with Gasteiger partial charge in [-0.3, -0.25) is 4.79 Å². The maximum absolute atomic E-state index is 13.3. The van der Waals surface area contributed by atoms with E-state index in [1.54, 1.807) is 9.58 Å². The number of benzene rings is 2. The minimum absolute atomic E-state index is 0.0809. The van der Waals surface area contributed by atoms with E-state index in [9.17, 15) is 9.59 Å². The zero-order valence-corrected chi connectivity index (χ0v) is 19.1. The lowest BCUT2D eigenvalue weighted by Crippen LogP contribution is -2.42. The van der Waals surface area contributed by atoms with Gasteiger partial charge in [0.05, 0.1) is 25.3 Å². The van der Waals surface area contributed by atoms with Gasteiger partial charge in [0.1, 0.15) is 6.04 Å². The number of hydrogen-bond acceptors (Lipinski definition) is 5. The predicted molar refractivity (Wildman–Crippen MR) is 122 cm³/mol. The number of nitrogens with zero attached hydrogens (tertiary/aromatic N) is 4. The Labute approximate surface area is 188 Å². The number of carbonyl (C=O) groups is 2. The van der Waals surface area contributed by atoms with Gasteiger partial charge in [-0.15, -0.1) is 5.10 Å². The standard InChI is InChI=1S/C25H30N4O3/c1-5-25(2,3)22-16-29(27-26-22)19-14-21(24(31)32-4)28(15-19)23(30)13-18-11-8-10-17-9-6-7-12-20(17)18/h6-12,16,19,21H,5,13-15H2,1-4H3/t19-,21-/m0/s1. The van der Waals surface area contributed by atoms with Gasteiger partial charge in [-0.1, -0.05) is 68.4 Å². The van der Waals surface area contributed by atoms with Crippen molar-refractivity contribution in [1.82, 2.24) is 19.9 Å². The second kappa shape index (κ2) is 8.73. The molecule has 1 fully saturated rings. The fourth-order valence-electron chi connectivity index (χ4n) is 4.30. The van der Waals surface area contributed by atoms with Crippen molar-refractivity contribution in [2.75, 3.05) is 13.7 Å². The van der Waals surface area contributed by atoms with Crippen LogP contribution in [0, 0.1) is 0 Å². The van der Waals surface area contributed by atoms with Gasteiger partial charge in [0.15, 0.2) is 0 Å². The minimum Gasteiger partial charge on any atom is -0.467 e. The number of amides is 1. The summed E-state index contributed by atoms with van der Waals surface area (Å²) in [5, 5.41) is 10.8. The van der Waals surface area contributed by atoms with Crippen LogP contribution in [-0.4, -0.2) is 51.5 Å². The quantitative estimate of drug-likeness (QED) is 0.553. The lowest BCUT2D eigenvalue weighted by molar-refractivity contribution is -0.150. The third-order valence-electron chi connectivity index (χ3n) is 6.76. The molecule has 1 aliphatic heterocycles. The second-order valence-corrected chi connectivity index (χ2v) is 9.11. The Morgan fingerprint density at radius 1 is 1.16 bits per heavy atom. The maximum atomic E-state index is 13.3. The summed E-state index contributed by atoms with van der Waals surface area (Å²) >= 11 is 0. The summed E-state index contributed by atoms with van der Waals surface area (Å²) in [6, 6.07) is 13.2. The van der Waals surface area contributed by atoms with E-state index >= 15 is 0 Å². The lowest BCUT2D eigenvalue weighted by atomic mass is 9.87. The van der Waals surface area contributed by atoms with Crippen molar-refractivity contribution in [3.63, 3.8) is 0 Å². The molecule has 7 nitrogen and oxygen atoms in total. The number of fused-ring (bicyclic) bond motifs is 1. The number of likely N-dealkylation sites (tertiary alicyclic amines) is 1. The molecular weight excluding hydrogens is 404 g/mol. The molecule has 2 aromatic carbocycles. The van der Waals surface area contributed by atoms with E-state index in [4.69, 9.17) is 4.74 Å². The van der Waals surface area contributed by atoms with Gasteiger partial charge >= 0.3 is 5.97 Å². The average Bonchev–Trinajstić information content (AvgIpc) is 3.47. The van der Waals surface area contributed by atoms with Crippen LogP contribution in [0.3, 0.4) is 0 Å². The topological polar surface area (TPSA) is 77.3 Å². The lowest BCUT2D eigenvalue weighted by Gasteiger charge is -2.23. The zero-order chi connectivity index (χ0) is 22.9. The van der Waals surface area contributed by atoms with Crippen LogP contribution in [0.5, 0.6) is 0 Å². The molecule has 0 bridgehead atoms. The zero-order valence-electron chi connectivity index (χ0n) is 19.1. The summed E-state index contributed by atoms with van der Waals surface area (Å²) in [6.07, 6.45) is 3.58. The Morgan fingerprint density at radius 3 is 2.66 bits per heavy atom. The van der Waals surface area contributed by atoms with Crippen LogP contribution >= 0.6 is 0 Å². The molecule has 1 aromatic heterocycles. The number of rotatable bonds is 6. The number of carbonyl (C=O) groups excluding carboxylic acids is 2. The first-order chi connectivity index (χ1) is 15.3. The summed E-state index contributed by atoms with van der Waals surface area (Å²) in [6.45, 7) is 6.79. The van der Waals surface area contributed by atoms with Crippen molar-refractivity contribution in [2.24, 2.45) is 0 Å². The maximum Gasteiger partial charge on any atom is 0.328 e. The molecule has 168 valence electrons. The molecule has 1 amide bonds. The van der Waals surface area contributed by atoms with Crippen molar-refractivity contribution in [2.45, 2.75) is 57.5 Å². The summed E-state index contributed by atoms with van der Waals surface area (Å²) in [5.41, 5.74) is 1.78. The SMILES string of the molecule is CCC(C)(C)c1cn([C@H]2C[C@@H](C(=O)OC)N(C(=O)Cc3cccc4ccccc34)C2)nn1. The van der Waals surface area contributed by atoms with Gasteiger partial charge in [0, 0.05) is 24.6 Å². The molecule has 3 aromatic rings. The van der Waals surface area contributed by atoms with Crippen LogP contribution in [-0.2, 0) is 26.2 Å². The molecule has 2 heterocycles. The highest BCUT2D eigenvalue weighted by atomic mass is 16.5. The first-order valence-corrected chi connectivity index (χ1v) is 11.1. The van der Waals surface area contributed by atoms with Gasteiger partial charge in [-0.05, 0) is 22.8 Å². The number of methoxy groups -OCH3 is 1. The molecule has 0 unspecified atom stereocenters. The summed E-state index contributed by atoms with van der Waals surface area (Å²) in [4.78, 5) is 27.5. The molecule has 1 saturated heterocycles. The van der Waals surface area contributed by atoms with Crippen LogP contribution < -0.4 is 0 Å². The largest absolute Gasteiger partial charge is 0.467 e. The number of hydrogen-bond donors (Lipinski definition) is 0. The van der Waals surface area contributed by atoms with Crippen LogP contribution in [0.1, 0.15) is 50.9 Å². The fourth-order valence-corrected chi connectivity index (χ4v) is 4.30. The molecule has 4 rings (SSSR count). The highest BCUT2D eigenvalue weighted by molar-refractivity contribution is 5.92. The van der Waals surface area contributed by atoms with Crippen LogP contribution in [0.4, 0.5) is 0 Å². The molecule has 0 N–H and O–H groups in total. The molecule has 0 radical (unpaired) electrons. The van der Waals surface area contributed by atoms with Crippen molar-refractivity contribution < 1.29 is 14.3 Å². The number of esters is 1. The Bertz CT molecular complexity index is 1130. The fraction of sp³-hybridized carbons (Fsp3) is 0.440. The predicted octanol–water partition coefficient (Wildman–Crippen LogP) is 3.68. The second-order valence-electron chi connectivity index (χ2n) is 9.11. The summed E-state index contributed by atoms with van der Waals surface area (Å²) in [5.74, 6) is -0.485. The summed E-state index contributed by atoms with van der Waals surface area (Å²) in [7, 11) is 1.36. The Balaban J connectivity index is 1.58.